The van der Waals surface area contributed by atoms with Crippen LogP contribution >= 0.6 is 0 Å². The first-order valence-corrected chi connectivity index (χ1v) is 8.22. The number of carbonyl (C=O) groups excluding carboxylic acids is 1. The normalized spacial score (nSPS) is 17.2. The van der Waals surface area contributed by atoms with E-state index < -0.39 is 0 Å². The van der Waals surface area contributed by atoms with E-state index in [2.05, 4.69) is 10.2 Å². The van der Waals surface area contributed by atoms with Gasteiger partial charge < -0.3 is 4.90 Å². The summed E-state index contributed by atoms with van der Waals surface area (Å²) in [7, 11) is 1.86. The number of hydrogen-bond donors (Lipinski definition) is 0. The highest BCUT2D eigenvalue weighted by atomic mass is 19.1. The van der Waals surface area contributed by atoms with Crippen molar-refractivity contribution in [2.45, 2.75) is 18.9 Å². The van der Waals surface area contributed by atoms with Gasteiger partial charge in [-0.25, -0.2) is 9.07 Å². The Morgan fingerprint density at radius 3 is 2.80 bits per heavy atom. The van der Waals surface area contributed by atoms with Crippen LogP contribution in [0.1, 0.15) is 34.8 Å². The molecule has 7 heteroatoms. The number of carbonyl (C=O) groups is 1. The van der Waals surface area contributed by atoms with Crippen LogP contribution in [0.5, 0.6) is 0 Å². The molecule has 0 aliphatic carbocycles. The molecule has 4 rings (SSSR count). The van der Waals surface area contributed by atoms with E-state index in [0.29, 0.717) is 17.8 Å². The summed E-state index contributed by atoms with van der Waals surface area (Å²) in [6.45, 7) is 0.698. The van der Waals surface area contributed by atoms with Crippen molar-refractivity contribution in [1.82, 2.24) is 24.5 Å². The van der Waals surface area contributed by atoms with Gasteiger partial charge in [-0.15, -0.1) is 0 Å². The largest absolute Gasteiger partial charge is 0.331 e. The summed E-state index contributed by atoms with van der Waals surface area (Å²) >= 11 is 0. The van der Waals surface area contributed by atoms with Gasteiger partial charge in [-0.3, -0.25) is 9.48 Å². The van der Waals surface area contributed by atoms with Crippen LogP contribution in [0.4, 0.5) is 4.39 Å². The Hall–Kier alpha value is -2.96. The van der Waals surface area contributed by atoms with E-state index in [1.165, 1.54) is 16.9 Å². The fourth-order valence-electron chi connectivity index (χ4n) is 3.34. The van der Waals surface area contributed by atoms with E-state index in [0.717, 1.165) is 18.4 Å². The number of aromatic nitrogens is 4. The minimum absolute atomic E-state index is 0.0259. The third kappa shape index (κ3) is 2.82. The molecule has 1 unspecified atom stereocenters. The Labute approximate surface area is 144 Å². The highest BCUT2D eigenvalue weighted by molar-refractivity contribution is 5.94. The molecule has 3 heterocycles. The summed E-state index contributed by atoms with van der Waals surface area (Å²) in [6.07, 6.45) is 8.69. The van der Waals surface area contributed by atoms with Crippen molar-refractivity contribution in [1.29, 1.82) is 0 Å². The number of aryl methyl sites for hydroxylation is 1. The fourth-order valence-corrected chi connectivity index (χ4v) is 3.34. The second-order valence-electron chi connectivity index (χ2n) is 6.23. The second-order valence-corrected chi connectivity index (χ2v) is 6.23. The highest BCUT2D eigenvalue weighted by Crippen LogP contribution is 2.32. The summed E-state index contributed by atoms with van der Waals surface area (Å²) in [5, 5.41) is 8.36. The quantitative estimate of drug-likeness (QED) is 0.737. The van der Waals surface area contributed by atoms with Crippen LogP contribution in [-0.4, -0.2) is 36.9 Å². The minimum atomic E-state index is -0.376. The van der Waals surface area contributed by atoms with Gasteiger partial charge in [-0.05, 0) is 25.0 Å². The molecule has 1 atom stereocenters. The molecule has 128 valence electrons. The van der Waals surface area contributed by atoms with Gasteiger partial charge in [0, 0.05) is 31.5 Å². The zero-order valence-corrected chi connectivity index (χ0v) is 13.8. The molecule has 1 aliphatic rings. The van der Waals surface area contributed by atoms with Crippen LogP contribution in [-0.2, 0) is 7.05 Å². The summed E-state index contributed by atoms with van der Waals surface area (Å²) < 4.78 is 17.0. The third-order valence-electron chi connectivity index (χ3n) is 4.55. The van der Waals surface area contributed by atoms with E-state index >= 15 is 0 Å². The van der Waals surface area contributed by atoms with Crippen molar-refractivity contribution in [2.75, 3.05) is 6.54 Å². The Morgan fingerprint density at radius 1 is 1.20 bits per heavy atom. The third-order valence-corrected chi connectivity index (χ3v) is 4.55. The smallest absolute Gasteiger partial charge is 0.257 e. The average Bonchev–Trinajstić information content (AvgIpc) is 3.34. The molecule has 1 saturated heterocycles. The number of rotatable bonds is 3. The molecular formula is C18H18FN5O. The van der Waals surface area contributed by atoms with E-state index in [4.69, 9.17) is 0 Å². The van der Waals surface area contributed by atoms with Crippen molar-refractivity contribution in [3.63, 3.8) is 0 Å². The number of likely N-dealkylation sites (tertiary alicyclic amines) is 1. The lowest BCUT2D eigenvalue weighted by Crippen LogP contribution is -2.30. The summed E-state index contributed by atoms with van der Waals surface area (Å²) in [4.78, 5) is 14.8. The topological polar surface area (TPSA) is 56.0 Å². The Bertz CT molecular complexity index is 916. The van der Waals surface area contributed by atoms with E-state index in [-0.39, 0.29) is 17.8 Å². The van der Waals surface area contributed by atoms with Crippen molar-refractivity contribution < 1.29 is 9.18 Å². The lowest BCUT2D eigenvalue weighted by molar-refractivity contribution is 0.0735. The van der Waals surface area contributed by atoms with Crippen molar-refractivity contribution in [2.24, 2.45) is 7.05 Å². The van der Waals surface area contributed by atoms with E-state index in [1.807, 2.05) is 18.1 Å². The molecule has 1 aromatic carbocycles. The Balaban J connectivity index is 1.60. The molecule has 1 amide bonds. The SMILES string of the molecule is Cn1cc(C2CCCN2C(=O)c2cnn(-c3ccccc3F)c2)cn1. The van der Waals surface area contributed by atoms with Gasteiger partial charge >= 0.3 is 0 Å². The van der Waals surface area contributed by atoms with Crippen molar-refractivity contribution in [3.05, 3.63) is 66.0 Å². The van der Waals surface area contributed by atoms with Crippen LogP contribution in [0.2, 0.25) is 0 Å². The molecule has 0 bridgehead atoms. The molecule has 0 spiro atoms. The van der Waals surface area contributed by atoms with Gasteiger partial charge in [-0.2, -0.15) is 10.2 Å². The van der Waals surface area contributed by atoms with Crippen LogP contribution in [0.25, 0.3) is 5.69 Å². The minimum Gasteiger partial charge on any atom is -0.331 e. The van der Waals surface area contributed by atoms with Crippen molar-refractivity contribution >= 4 is 5.91 Å². The second kappa shape index (κ2) is 6.16. The zero-order chi connectivity index (χ0) is 17.4. The molecule has 1 fully saturated rings. The van der Waals surface area contributed by atoms with Gasteiger partial charge in [0.2, 0.25) is 0 Å². The number of nitrogens with zero attached hydrogens (tertiary/aromatic N) is 5. The van der Waals surface area contributed by atoms with Gasteiger partial charge in [0.25, 0.3) is 5.91 Å². The molecule has 0 saturated carbocycles. The lowest BCUT2D eigenvalue weighted by Gasteiger charge is -2.23. The predicted molar refractivity (Wildman–Crippen MR) is 89.7 cm³/mol. The number of hydrogen-bond acceptors (Lipinski definition) is 3. The van der Waals surface area contributed by atoms with E-state index in [1.54, 1.807) is 35.3 Å². The first kappa shape index (κ1) is 15.6. The molecule has 1 aliphatic heterocycles. The molecule has 3 aromatic rings. The van der Waals surface area contributed by atoms with Crippen LogP contribution < -0.4 is 0 Å². The Kier molecular flexibility index (Phi) is 3.83. The summed E-state index contributed by atoms with van der Waals surface area (Å²) in [5.74, 6) is -0.465. The molecular weight excluding hydrogens is 321 g/mol. The molecule has 6 nitrogen and oxygen atoms in total. The van der Waals surface area contributed by atoms with Gasteiger partial charge in [0.05, 0.1) is 24.0 Å². The summed E-state index contributed by atoms with van der Waals surface area (Å²) in [5.41, 5.74) is 1.82. The van der Waals surface area contributed by atoms with Gasteiger partial charge in [-0.1, -0.05) is 12.1 Å². The number of benzene rings is 1. The Morgan fingerprint density at radius 2 is 2.04 bits per heavy atom. The fraction of sp³-hybridized carbons (Fsp3) is 0.278. The van der Waals surface area contributed by atoms with Crippen molar-refractivity contribution in [3.8, 4) is 5.69 Å². The number of halogens is 1. The molecule has 25 heavy (non-hydrogen) atoms. The highest BCUT2D eigenvalue weighted by Gasteiger charge is 2.32. The number of amides is 1. The predicted octanol–water partition coefficient (Wildman–Crippen LogP) is 2.72. The monoisotopic (exact) mass is 339 g/mol. The van der Waals surface area contributed by atoms with Gasteiger partial charge in [0.15, 0.2) is 0 Å². The van der Waals surface area contributed by atoms with Crippen LogP contribution in [0.3, 0.4) is 0 Å². The average molecular weight is 339 g/mol. The first-order valence-electron chi connectivity index (χ1n) is 8.22. The van der Waals surface area contributed by atoms with Gasteiger partial charge in [0.1, 0.15) is 11.5 Å². The maximum absolute atomic E-state index is 13.9. The molecule has 0 N–H and O–H groups in total. The first-order chi connectivity index (χ1) is 12.1. The molecule has 0 radical (unpaired) electrons. The lowest BCUT2D eigenvalue weighted by atomic mass is 10.1. The van der Waals surface area contributed by atoms with Crippen LogP contribution in [0, 0.1) is 5.82 Å². The maximum Gasteiger partial charge on any atom is 0.257 e. The standard InChI is InChI=1S/C18H18FN5O/c1-22-11-13(9-20-22)16-7-4-8-23(16)18(25)14-10-21-24(12-14)17-6-3-2-5-15(17)19/h2-3,5-6,9-12,16H,4,7-8H2,1H3. The zero-order valence-electron chi connectivity index (χ0n) is 13.8. The van der Waals surface area contributed by atoms with E-state index in [9.17, 15) is 9.18 Å². The number of para-hydroxylation sites is 1. The maximum atomic E-state index is 13.9. The summed E-state index contributed by atoms with van der Waals surface area (Å²) in [6, 6.07) is 6.39. The molecule has 2 aromatic heterocycles. The van der Waals surface area contributed by atoms with Crippen LogP contribution in [0.15, 0.2) is 49.1 Å².